The standard InChI is InChI=1S/C13H19ClN2O/c1-4-15-9-12-11(14)5-6-13(16-12)17-8-7-10(2)3/h5-6,15H,2,4,7-9H2,1,3H3. The number of pyridine rings is 1. The summed E-state index contributed by atoms with van der Waals surface area (Å²) in [6.45, 7) is 10.0. The Kier molecular flexibility index (Phi) is 6.01. The summed E-state index contributed by atoms with van der Waals surface area (Å²) in [6.07, 6.45) is 0.840. The molecule has 0 atom stereocenters. The molecule has 0 saturated heterocycles. The van der Waals surface area contributed by atoms with Gasteiger partial charge < -0.3 is 10.1 Å². The summed E-state index contributed by atoms with van der Waals surface area (Å²) in [5.41, 5.74) is 1.92. The minimum Gasteiger partial charge on any atom is -0.477 e. The molecule has 0 saturated carbocycles. The van der Waals surface area contributed by atoms with Crippen molar-refractivity contribution >= 4 is 11.6 Å². The molecule has 0 aromatic carbocycles. The first-order valence-corrected chi connectivity index (χ1v) is 6.14. The topological polar surface area (TPSA) is 34.1 Å². The summed E-state index contributed by atoms with van der Waals surface area (Å²) in [6, 6.07) is 3.60. The first-order valence-electron chi connectivity index (χ1n) is 5.76. The van der Waals surface area contributed by atoms with Crippen molar-refractivity contribution in [3.05, 3.63) is 35.0 Å². The molecule has 0 fully saturated rings. The summed E-state index contributed by atoms with van der Waals surface area (Å²) in [5.74, 6) is 0.614. The minimum absolute atomic E-state index is 0.602. The third kappa shape index (κ3) is 5.20. The van der Waals surface area contributed by atoms with Gasteiger partial charge in [-0.2, -0.15) is 0 Å². The van der Waals surface area contributed by atoms with Gasteiger partial charge in [0.1, 0.15) is 0 Å². The molecule has 0 aliphatic carbocycles. The molecule has 0 spiro atoms. The van der Waals surface area contributed by atoms with Gasteiger partial charge >= 0.3 is 0 Å². The molecule has 0 bridgehead atoms. The van der Waals surface area contributed by atoms with Gasteiger partial charge in [0.25, 0.3) is 0 Å². The molecule has 1 rings (SSSR count). The third-order valence-electron chi connectivity index (χ3n) is 2.21. The van der Waals surface area contributed by atoms with E-state index >= 15 is 0 Å². The number of halogens is 1. The average Bonchev–Trinajstić information content (AvgIpc) is 2.29. The molecule has 17 heavy (non-hydrogen) atoms. The van der Waals surface area contributed by atoms with Crippen molar-refractivity contribution in [3.63, 3.8) is 0 Å². The van der Waals surface area contributed by atoms with Gasteiger partial charge in [-0.05, 0) is 19.5 Å². The Balaban J connectivity index is 2.58. The maximum absolute atomic E-state index is 6.04. The monoisotopic (exact) mass is 254 g/mol. The third-order valence-corrected chi connectivity index (χ3v) is 2.56. The van der Waals surface area contributed by atoms with Crippen LogP contribution in [0.15, 0.2) is 24.3 Å². The van der Waals surface area contributed by atoms with E-state index in [2.05, 4.69) is 16.9 Å². The van der Waals surface area contributed by atoms with Gasteiger partial charge in [0.05, 0.1) is 17.3 Å². The number of rotatable bonds is 7. The fourth-order valence-corrected chi connectivity index (χ4v) is 1.41. The van der Waals surface area contributed by atoms with Gasteiger partial charge in [-0.15, -0.1) is 6.58 Å². The smallest absolute Gasteiger partial charge is 0.213 e. The fraction of sp³-hybridized carbons (Fsp3) is 0.462. The Morgan fingerprint density at radius 2 is 2.29 bits per heavy atom. The number of hydrogen-bond acceptors (Lipinski definition) is 3. The van der Waals surface area contributed by atoms with Crippen molar-refractivity contribution in [3.8, 4) is 5.88 Å². The average molecular weight is 255 g/mol. The summed E-state index contributed by atoms with van der Waals surface area (Å²) in [4.78, 5) is 4.36. The summed E-state index contributed by atoms with van der Waals surface area (Å²) in [5, 5.41) is 3.86. The highest BCUT2D eigenvalue weighted by atomic mass is 35.5. The molecule has 1 heterocycles. The van der Waals surface area contributed by atoms with Crippen molar-refractivity contribution in [2.45, 2.75) is 26.8 Å². The van der Waals surface area contributed by atoms with E-state index in [0.717, 1.165) is 24.2 Å². The van der Waals surface area contributed by atoms with E-state index in [-0.39, 0.29) is 0 Å². The van der Waals surface area contributed by atoms with Crippen LogP contribution in [0.2, 0.25) is 5.02 Å². The van der Waals surface area contributed by atoms with Crippen LogP contribution in [0.5, 0.6) is 5.88 Å². The zero-order chi connectivity index (χ0) is 12.7. The van der Waals surface area contributed by atoms with Crippen LogP contribution in [0, 0.1) is 0 Å². The molecule has 0 amide bonds. The first kappa shape index (κ1) is 14.0. The number of nitrogens with one attached hydrogen (secondary N) is 1. The maximum Gasteiger partial charge on any atom is 0.213 e. The molecule has 1 aromatic heterocycles. The summed E-state index contributed by atoms with van der Waals surface area (Å²) >= 11 is 6.04. The molecular weight excluding hydrogens is 236 g/mol. The Hall–Kier alpha value is -1.06. The van der Waals surface area contributed by atoms with Crippen LogP contribution in [0.4, 0.5) is 0 Å². The molecule has 1 aromatic rings. The number of ether oxygens (including phenoxy) is 1. The van der Waals surface area contributed by atoms with Crippen LogP contribution in [-0.4, -0.2) is 18.1 Å². The molecule has 1 N–H and O–H groups in total. The lowest BCUT2D eigenvalue weighted by Gasteiger charge is -2.08. The fourth-order valence-electron chi connectivity index (χ4n) is 1.24. The van der Waals surface area contributed by atoms with E-state index in [1.807, 2.05) is 19.9 Å². The predicted molar refractivity (Wildman–Crippen MR) is 71.6 cm³/mol. The van der Waals surface area contributed by atoms with E-state index in [1.54, 1.807) is 6.07 Å². The maximum atomic E-state index is 6.04. The Bertz CT molecular complexity index is 380. The van der Waals surface area contributed by atoms with Gasteiger partial charge in [0.2, 0.25) is 5.88 Å². The molecule has 0 aliphatic rings. The van der Waals surface area contributed by atoms with Crippen molar-refractivity contribution in [2.75, 3.05) is 13.2 Å². The van der Waals surface area contributed by atoms with Crippen LogP contribution in [0.1, 0.15) is 26.0 Å². The Morgan fingerprint density at radius 1 is 1.53 bits per heavy atom. The van der Waals surface area contributed by atoms with Gasteiger partial charge in [-0.1, -0.05) is 24.1 Å². The van der Waals surface area contributed by atoms with E-state index < -0.39 is 0 Å². The predicted octanol–water partition coefficient (Wildman–Crippen LogP) is 3.19. The van der Waals surface area contributed by atoms with Crippen LogP contribution in [0.3, 0.4) is 0 Å². The van der Waals surface area contributed by atoms with Crippen LogP contribution >= 0.6 is 11.6 Å². The molecule has 4 heteroatoms. The van der Waals surface area contributed by atoms with Crippen molar-refractivity contribution in [2.24, 2.45) is 0 Å². The Morgan fingerprint density at radius 3 is 2.94 bits per heavy atom. The van der Waals surface area contributed by atoms with E-state index in [4.69, 9.17) is 16.3 Å². The van der Waals surface area contributed by atoms with E-state index in [9.17, 15) is 0 Å². The molecule has 0 aliphatic heterocycles. The number of hydrogen-bond donors (Lipinski definition) is 1. The molecule has 0 unspecified atom stereocenters. The highest BCUT2D eigenvalue weighted by molar-refractivity contribution is 6.31. The lowest BCUT2D eigenvalue weighted by atomic mass is 10.3. The summed E-state index contributed by atoms with van der Waals surface area (Å²) in [7, 11) is 0. The lowest BCUT2D eigenvalue weighted by Crippen LogP contribution is -2.13. The molecule has 0 radical (unpaired) electrons. The van der Waals surface area contributed by atoms with Crippen molar-refractivity contribution in [1.82, 2.24) is 10.3 Å². The van der Waals surface area contributed by atoms with E-state index in [1.165, 1.54) is 0 Å². The number of nitrogens with zero attached hydrogens (tertiary/aromatic N) is 1. The number of aromatic nitrogens is 1. The second-order valence-corrected chi connectivity index (χ2v) is 4.32. The quantitative estimate of drug-likeness (QED) is 0.759. The van der Waals surface area contributed by atoms with Gasteiger partial charge in [-0.25, -0.2) is 4.98 Å². The Labute approximate surface area is 108 Å². The normalized spacial score (nSPS) is 10.3. The highest BCUT2D eigenvalue weighted by Crippen LogP contribution is 2.18. The molecular formula is C13H19ClN2O. The van der Waals surface area contributed by atoms with Crippen LogP contribution in [-0.2, 0) is 6.54 Å². The summed E-state index contributed by atoms with van der Waals surface area (Å²) < 4.78 is 5.53. The molecule has 3 nitrogen and oxygen atoms in total. The largest absolute Gasteiger partial charge is 0.477 e. The second-order valence-electron chi connectivity index (χ2n) is 3.91. The zero-order valence-corrected chi connectivity index (χ0v) is 11.2. The van der Waals surface area contributed by atoms with Crippen LogP contribution < -0.4 is 10.1 Å². The van der Waals surface area contributed by atoms with E-state index in [0.29, 0.717) is 24.1 Å². The van der Waals surface area contributed by atoms with Crippen LogP contribution in [0.25, 0.3) is 0 Å². The minimum atomic E-state index is 0.602. The zero-order valence-electron chi connectivity index (χ0n) is 10.4. The SMILES string of the molecule is C=C(C)CCOc1ccc(Cl)c(CNCC)n1. The second kappa shape index (κ2) is 7.30. The first-order chi connectivity index (χ1) is 8.13. The van der Waals surface area contributed by atoms with Crippen molar-refractivity contribution < 1.29 is 4.74 Å². The molecule has 94 valence electrons. The highest BCUT2D eigenvalue weighted by Gasteiger charge is 2.04. The van der Waals surface area contributed by atoms with Gasteiger partial charge in [0, 0.05) is 19.0 Å². The van der Waals surface area contributed by atoms with Crippen molar-refractivity contribution in [1.29, 1.82) is 0 Å². The lowest BCUT2D eigenvalue weighted by molar-refractivity contribution is 0.308. The van der Waals surface area contributed by atoms with Gasteiger partial charge in [0.15, 0.2) is 0 Å². The van der Waals surface area contributed by atoms with Gasteiger partial charge in [-0.3, -0.25) is 0 Å².